The highest BCUT2D eigenvalue weighted by atomic mass is 16.2. The van der Waals surface area contributed by atoms with Gasteiger partial charge in [-0.15, -0.1) is 0 Å². The summed E-state index contributed by atoms with van der Waals surface area (Å²) in [6.07, 6.45) is 5.62. The number of hydrogen-bond donors (Lipinski definition) is 1. The fraction of sp³-hybridized carbons (Fsp3) is 0.615. The minimum atomic E-state index is -0.866. The highest BCUT2D eigenvalue weighted by Crippen LogP contribution is 2.48. The van der Waals surface area contributed by atoms with Crippen LogP contribution in [0.15, 0.2) is 12.2 Å². The van der Waals surface area contributed by atoms with E-state index in [1.807, 2.05) is 6.08 Å². The van der Waals surface area contributed by atoms with Crippen molar-refractivity contribution in [3.05, 3.63) is 12.2 Å². The van der Waals surface area contributed by atoms with E-state index in [1.54, 1.807) is 6.92 Å². The summed E-state index contributed by atoms with van der Waals surface area (Å²) in [6.45, 7) is 2.92. The van der Waals surface area contributed by atoms with E-state index in [0.717, 1.165) is 11.3 Å². The normalized spacial score (nSPS) is 41.7. The molecule has 96 valence electrons. The predicted molar refractivity (Wildman–Crippen MR) is 63.2 cm³/mol. The van der Waals surface area contributed by atoms with Crippen molar-refractivity contribution in [3.8, 4) is 0 Å². The predicted octanol–water partition coefficient (Wildman–Crippen LogP) is 0.215. The van der Waals surface area contributed by atoms with E-state index in [9.17, 15) is 14.4 Å². The first kappa shape index (κ1) is 11.4. The summed E-state index contributed by atoms with van der Waals surface area (Å²) in [6, 6.07) is -0.705. The Bertz CT molecular complexity index is 485. The van der Waals surface area contributed by atoms with E-state index in [2.05, 4.69) is 11.4 Å². The van der Waals surface area contributed by atoms with Gasteiger partial charge in [0.15, 0.2) is 0 Å². The number of nitrogens with one attached hydrogen (secondary N) is 1. The molecular weight excluding hydrogens is 232 g/mol. The number of nitrogens with zero attached hydrogens (tertiary/aromatic N) is 1. The Kier molecular flexibility index (Phi) is 2.18. The summed E-state index contributed by atoms with van der Waals surface area (Å²) in [4.78, 5) is 37.3. The van der Waals surface area contributed by atoms with Crippen LogP contribution in [-0.4, -0.2) is 34.2 Å². The summed E-state index contributed by atoms with van der Waals surface area (Å²) in [5, 5.41) is 2.87. The molecule has 5 heteroatoms. The minimum absolute atomic E-state index is 0.0355. The van der Waals surface area contributed by atoms with Crippen LogP contribution in [0.25, 0.3) is 0 Å². The third-order valence-electron chi connectivity index (χ3n) is 4.44. The zero-order valence-corrected chi connectivity index (χ0v) is 10.5. The Labute approximate surface area is 105 Å². The molecule has 1 saturated carbocycles. The highest BCUT2D eigenvalue weighted by Gasteiger charge is 2.59. The maximum absolute atomic E-state index is 12.6. The van der Waals surface area contributed by atoms with Crippen LogP contribution in [-0.2, 0) is 14.4 Å². The number of amides is 3. The molecular formula is C13H16N2O3. The number of carbonyl (C=O) groups is 3. The van der Waals surface area contributed by atoms with E-state index in [0.29, 0.717) is 12.3 Å². The lowest BCUT2D eigenvalue weighted by molar-refractivity contribution is -0.162. The van der Waals surface area contributed by atoms with Gasteiger partial charge >= 0.3 is 0 Å². The molecule has 2 fully saturated rings. The van der Waals surface area contributed by atoms with Gasteiger partial charge in [-0.3, -0.25) is 19.3 Å². The number of hydrogen-bond acceptors (Lipinski definition) is 3. The number of allylic oxidation sites excluding steroid dienone is 1. The van der Waals surface area contributed by atoms with Crippen LogP contribution in [0.5, 0.6) is 0 Å². The molecule has 3 aliphatic rings. The SMILES string of the molecule is CC(=O)N1C(=O)[C@@]2(C[C@H]3C=C[C@@H]2C3)NC(=O)[C@@H]1C. The standard InChI is InChI=1S/C13H16N2O3/c1-7-11(17)14-13(12(18)15(7)8(2)16)6-9-3-4-10(13)5-9/h3-4,7,9-10H,5-6H2,1-2H3,(H,14,17)/t7-,9-,10+,13-/m0/s1. The third kappa shape index (κ3) is 1.24. The van der Waals surface area contributed by atoms with Crippen molar-refractivity contribution in [2.75, 3.05) is 0 Å². The van der Waals surface area contributed by atoms with Crippen molar-refractivity contribution >= 4 is 17.7 Å². The first-order valence-corrected chi connectivity index (χ1v) is 6.30. The highest BCUT2D eigenvalue weighted by molar-refractivity contribution is 6.08. The van der Waals surface area contributed by atoms with Gasteiger partial charge in [0.1, 0.15) is 11.6 Å². The lowest BCUT2D eigenvalue weighted by Gasteiger charge is -2.44. The zero-order chi connectivity index (χ0) is 13.1. The number of piperazine rings is 1. The molecule has 4 atom stereocenters. The van der Waals surface area contributed by atoms with Gasteiger partial charge in [0.05, 0.1) is 0 Å². The van der Waals surface area contributed by atoms with Gasteiger partial charge in [-0.1, -0.05) is 12.2 Å². The molecule has 0 unspecified atom stereocenters. The van der Waals surface area contributed by atoms with Crippen LogP contribution in [0.3, 0.4) is 0 Å². The Balaban J connectivity index is 2.02. The quantitative estimate of drug-likeness (QED) is 0.623. The molecule has 1 N–H and O–H groups in total. The Morgan fingerprint density at radius 1 is 1.44 bits per heavy atom. The van der Waals surface area contributed by atoms with Crippen LogP contribution in [0, 0.1) is 11.8 Å². The van der Waals surface area contributed by atoms with Crippen molar-refractivity contribution in [1.29, 1.82) is 0 Å². The van der Waals surface area contributed by atoms with Gasteiger partial charge in [0, 0.05) is 12.8 Å². The fourth-order valence-corrected chi connectivity index (χ4v) is 3.55. The topological polar surface area (TPSA) is 66.5 Å². The van der Waals surface area contributed by atoms with Crippen LogP contribution in [0.1, 0.15) is 26.7 Å². The summed E-state index contributed by atoms with van der Waals surface area (Å²) in [5.74, 6) is -0.437. The molecule has 18 heavy (non-hydrogen) atoms. The zero-order valence-electron chi connectivity index (χ0n) is 10.5. The molecule has 3 rings (SSSR count). The second-order valence-corrected chi connectivity index (χ2v) is 5.52. The van der Waals surface area contributed by atoms with Gasteiger partial charge in [-0.05, 0) is 25.7 Å². The van der Waals surface area contributed by atoms with E-state index in [1.165, 1.54) is 6.92 Å². The van der Waals surface area contributed by atoms with Gasteiger partial charge < -0.3 is 5.32 Å². The Hall–Kier alpha value is -1.65. The van der Waals surface area contributed by atoms with Crippen molar-refractivity contribution in [2.45, 2.75) is 38.3 Å². The lowest BCUT2D eigenvalue weighted by atomic mass is 9.80. The molecule has 1 saturated heterocycles. The largest absolute Gasteiger partial charge is 0.339 e. The van der Waals surface area contributed by atoms with E-state index < -0.39 is 11.6 Å². The minimum Gasteiger partial charge on any atom is -0.339 e. The van der Waals surface area contributed by atoms with Gasteiger partial charge in [0.2, 0.25) is 11.8 Å². The van der Waals surface area contributed by atoms with E-state index in [-0.39, 0.29) is 23.6 Å². The number of carbonyl (C=O) groups excluding carboxylic acids is 3. The Morgan fingerprint density at radius 2 is 2.17 bits per heavy atom. The van der Waals surface area contributed by atoms with Crippen molar-refractivity contribution in [1.82, 2.24) is 10.2 Å². The lowest BCUT2D eigenvalue weighted by Crippen LogP contribution is -2.71. The van der Waals surface area contributed by atoms with Crippen molar-refractivity contribution in [2.24, 2.45) is 11.8 Å². The summed E-state index contributed by atoms with van der Waals surface area (Å²) < 4.78 is 0. The van der Waals surface area contributed by atoms with Crippen LogP contribution >= 0.6 is 0 Å². The average molecular weight is 248 g/mol. The van der Waals surface area contributed by atoms with Crippen LogP contribution in [0.2, 0.25) is 0 Å². The van der Waals surface area contributed by atoms with Crippen LogP contribution in [0.4, 0.5) is 0 Å². The monoisotopic (exact) mass is 248 g/mol. The maximum atomic E-state index is 12.6. The van der Waals surface area contributed by atoms with E-state index in [4.69, 9.17) is 0 Å². The molecule has 0 aromatic heterocycles. The Morgan fingerprint density at radius 3 is 2.67 bits per heavy atom. The van der Waals surface area contributed by atoms with Gasteiger partial charge in [0.25, 0.3) is 5.91 Å². The average Bonchev–Trinajstić information content (AvgIpc) is 2.87. The molecule has 5 nitrogen and oxygen atoms in total. The van der Waals surface area contributed by atoms with E-state index >= 15 is 0 Å². The van der Waals surface area contributed by atoms with Gasteiger partial charge in [-0.2, -0.15) is 0 Å². The first-order chi connectivity index (χ1) is 8.45. The summed E-state index contributed by atoms with van der Waals surface area (Å²) in [5.41, 5.74) is -0.866. The molecule has 2 aliphatic carbocycles. The third-order valence-corrected chi connectivity index (χ3v) is 4.44. The summed E-state index contributed by atoms with van der Waals surface area (Å²) in [7, 11) is 0. The molecule has 1 aliphatic heterocycles. The molecule has 0 aromatic carbocycles. The van der Waals surface area contributed by atoms with Gasteiger partial charge in [-0.25, -0.2) is 0 Å². The van der Waals surface area contributed by atoms with Crippen molar-refractivity contribution < 1.29 is 14.4 Å². The molecule has 2 bridgehead atoms. The second kappa shape index (κ2) is 3.43. The molecule has 1 heterocycles. The number of rotatable bonds is 0. The molecule has 1 spiro atoms. The van der Waals surface area contributed by atoms with Crippen molar-refractivity contribution in [3.63, 3.8) is 0 Å². The number of imide groups is 1. The first-order valence-electron chi connectivity index (χ1n) is 6.30. The molecule has 3 amide bonds. The second-order valence-electron chi connectivity index (χ2n) is 5.52. The summed E-state index contributed by atoms with van der Waals surface area (Å²) >= 11 is 0. The molecule has 0 radical (unpaired) electrons. The molecule has 0 aromatic rings. The maximum Gasteiger partial charge on any atom is 0.256 e. The van der Waals surface area contributed by atoms with Crippen LogP contribution < -0.4 is 5.32 Å². The fourth-order valence-electron chi connectivity index (χ4n) is 3.55. The number of fused-ring (bicyclic) bond motifs is 3. The smallest absolute Gasteiger partial charge is 0.256 e.